The highest BCUT2D eigenvalue weighted by Crippen LogP contribution is 2.32. The fraction of sp³-hybridized carbons (Fsp3) is 0.889. The maximum Gasteiger partial charge on any atom is 0.248 e. The van der Waals surface area contributed by atoms with Crippen molar-refractivity contribution < 1.29 is 9.59 Å². The maximum absolute atomic E-state index is 13.0. The molecule has 0 spiro atoms. The maximum atomic E-state index is 13.0. The van der Waals surface area contributed by atoms with E-state index in [2.05, 4.69) is 5.32 Å². The predicted molar refractivity (Wildman–Crippen MR) is 91.8 cm³/mol. The van der Waals surface area contributed by atoms with Crippen molar-refractivity contribution in [2.24, 2.45) is 11.7 Å². The number of carbonyl (C=O) groups is 2. The topological polar surface area (TPSA) is 75.4 Å². The molecule has 5 heteroatoms. The largest absolute Gasteiger partial charge is 0.342 e. The molecule has 132 valence electrons. The Morgan fingerprint density at radius 2 is 1.74 bits per heavy atom. The Hall–Kier alpha value is -1.10. The summed E-state index contributed by atoms with van der Waals surface area (Å²) in [7, 11) is 0. The summed E-state index contributed by atoms with van der Waals surface area (Å²) < 4.78 is 0. The monoisotopic (exact) mass is 323 g/mol. The molecule has 0 saturated heterocycles. The van der Waals surface area contributed by atoms with Crippen LogP contribution in [0.2, 0.25) is 0 Å². The van der Waals surface area contributed by atoms with Gasteiger partial charge in [0.25, 0.3) is 0 Å². The molecular formula is C18H33N3O2. The van der Waals surface area contributed by atoms with Gasteiger partial charge in [-0.25, -0.2) is 0 Å². The van der Waals surface area contributed by atoms with Crippen LogP contribution in [0.15, 0.2) is 0 Å². The quantitative estimate of drug-likeness (QED) is 0.787. The summed E-state index contributed by atoms with van der Waals surface area (Å²) in [5.41, 5.74) is 5.41. The highest BCUT2D eigenvalue weighted by Gasteiger charge is 2.43. The summed E-state index contributed by atoms with van der Waals surface area (Å²) >= 11 is 0. The van der Waals surface area contributed by atoms with E-state index in [1.165, 1.54) is 0 Å². The van der Waals surface area contributed by atoms with Crippen molar-refractivity contribution in [1.82, 2.24) is 10.2 Å². The van der Waals surface area contributed by atoms with E-state index in [1.54, 1.807) is 0 Å². The van der Waals surface area contributed by atoms with Gasteiger partial charge in [-0.2, -0.15) is 0 Å². The standard InChI is InChI=1S/C18H33N3O2/c1-3-21(4-2)17(23)18(11-6-5-7-12-18)20-16(22)13-14-9-8-10-15(14)19/h14-15H,3-13,19H2,1-2H3,(H,20,22)/t14-,15+/m0/s1. The number of nitrogens with zero attached hydrogens (tertiary/aromatic N) is 1. The minimum Gasteiger partial charge on any atom is -0.342 e. The average Bonchev–Trinajstić information content (AvgIpc) is 2.94. The first-order valence-corrected chi connectivity index (χ1v) is 9.38. The SMILES string of the molecule is CCN(CC)C(=O)C1(NC(=O)C[C@@H]2CCC[C@H]2N)CCCCC1. The number of rotatable bonds is 6. The van der Waals surface area contributed by atoms with E-state index in [0.29, 0.717) is 19.5 Å². The lowest BCUT2D eigenvalue weighted by atomic mass is 9.80. The number of hydrogen-bond donors (Lipinski definition) is 2. The van der Waals surface area contributed by atoms with Crippen LogP contribution in [0.1, 0.15) is 71.6 Å². The molecule has 2 saturated carbocycles. The molecule has 0 aromatic carbocycles. The zero-order valence-electron chi connectivity index (χ0n) is 14.8. The van der Waals surface area contributed by atoms with Gasteiger partial charge in [-0.3, -0.25) is 9.59 Å². The van der Waals surface area contributed by atoms with Crippen molar-refractivity contribution in [2.75, 3.05) is 13.1 Å². The number of carbonyl (C=O) groups excluding carboxylic acids is 2. The summed E-state index contributed by atoms with van der Waals surface area (Å²) in [6, 6.07) is 0.140. The van der Waals surface area contributed by atoms with Crippen molar-refractivity contribution in [3.8, 4) is 0 Å². The molecule has 2 aliphatic rings. The van der Waals surface area contributed by atoms with Crippen LogP contribution in [0, 0.1) is 5.92 Å². The van der Waals surface area contributed by atoms with E-state index in [4.69, 9.17) is 5.73 Å². The van der Waals surface area contributed by atoms with Gasteiger partial charge >= 0.3 is 0 Å². The number of nitrogens with two attached hydrogens (primary N) is 1. The molecule has 2 rings (SSSR count). The van der Waals surface area contributed by atoms with Crippen molar-refractivity contribution in [3.63, 3.8) is 0 Å². The summed E-state index contributed by atoms with van der Waals surface area (Å²) in [5, 5.41) is 3.14. The van der Waals surface area contributed by atoms with Crippen molar-refractivity contribution in [2.45, 2.75) is 83.2 Å². The molecule has 0 aromatic rings. The molecule has 5 nitrogen and oxygen atoms in total. The second-order valence-electron chi connectivity index (χ2n) is 7.23. The fourth-order valence-corrected chi connectivity index (χ4v) is 4.24. The zero-order valence-corrected chi connectivity index (χ0v) is 14.8. The Morgan fingerprint density at radius 3 is 2.26 bits per heavy atom. The van der Waals surface area contributed by atoms with E-state index >= 15 is 0 Å². The van der Waals surface area contributed by atoms with Crippen molar-refractivity contribution in [1.29, 1.82) is 0 Å². The minimum atomic E-state index is -0.677. The Labute approximate surface area is 140 Å². The summed E-state index contributed by atoms with van der Waals surface area (Å²) in [6.07, 6.45) is 8.34. The lowest BCUT2D eigenvalue weighted by Gasteiger charge is -2.40. The van der Waals surface area contributed by atoms with Crippen LogP contribution in [0.25, 0.3) is 0 Å². The summed E-state index contributed by atoms with van der Waals surface area (Å²) in [5.74, 6) is 0.389. The van der Waals surface area contributed by atoms with Crippen molar-refractivity contribution in [3.05, 3.63) is 0 Å². The third kappa shape index (κ3) is 4.25. The number of amides is 2. The molecular weight excluding hydrogens is 290 g/mol. The fourth-order valence-electron chi connectivity index (χ4n) is 4.24. The van der Waals surface area contributed by atoms with Crippen LogP contribution in [0.3, 0.4) is 0 Å². The van der Waals surface area contributed by atoms with Gasteiger partial charge < -0.3 is 16.0 Å². The van der Waals surface area contributed by atoms with Gasteiger partial charge in [0, 0.05) is 25.6 Å². The molecule has 2 aliphatic carbocycles. The molecule has 0 unspecified atom stereocenters. The van der Waals surface area contributed by atoms with Gasteiger partial charge in [0.15, 0.2) is 0 Å². The van der Waals surface area contributed by atoms with Gasteiger partial charge in [0.05, 0.1) is 0 Å². The molecule has 0 radical (unpaired) electrons. The van der Waals surface area contributed by atoms with Gasteiger partial charge in [-0.05, 0) is 45.4 Å². The Balaban J connectivity index is 2.05. The van der Waals surface area contributed by atoms with Crippen molar-refractivity contribution >= 4 is 11.8 Å². The van der Waals surface area contributed by atoms with Gasteiger partial charge in [0.2, 0.25) is 11.8 Å². The normalized spacial score (nSPS) is 26.7. The van der Waals surface area contributed by atoms with Gasteiger partial charge in [0.1, 0.15) is 5.54 Å². The van der Waals surface area contributed by atoms with Gasteiger partial charge in [-0.15, -0.1) is 0 Å². The average molecular weight is 323 g/mol. The Bertz CT molecular complexity index is 414. The van der Waals surface area contributed by atoms with Crippen LogP contribution in [-0.2, 0) is 9.59 Å². The first-order chi connectivity index (χ1) is 11.0. The Morgan fingerprint density at radius 1 is 1.09 bits per heavy atom. The summed E-state index contributed by atoms with van der Waals surface area (Å²) in [6.45, 7) is 5.38. The second kappa shape index (κ2) is 8.13. The number of hydrogen-bond acceptors (Lipinski definition) is 3. The second-order valence-corrected chi connectivity index (χ2v) is 7.23. The highest BCUT2D eigenvalue weighted by atomic mass is 16.2. The lowest BCUT2D eigenvalue weighted by Crippen LogP contribution is -2.60. The minimum absolute atomic E-state index is 0.00903. The molecule has 2 amide bonds. The Kier molecular flexibility index (Phi) is 6.45. The highest BCUT2D eigenvalue weighted by molar-refractivity contribution is 5.91. The van der Waals surface area contributed by atoms with Crippen LogP contribution in [0.5, 0.6) is 0 Å². The van der Waals surface area contributed by atoms with E-state index < -0.39 is 5.54 Å². The molecule has 0 aromatic heterocycles. The number of nitrogens with one attached hydrogen (secondary N) is 1. The third-order valence-electron chi connectivity index (χ3n) is 5.71. The molecule has 2 fully saturated rings. The molecule has 0 bridgehead atoms. The van der Waals surface area contributed by atoms with E-state index in [9.17, 15) is 9.59 Å². The van der Waals surface area contributed by atoms with Crippen LogP contribution >= 0.6 is 0 Å². The van der Waals surface area contributed by atoms with E-state index in [1.807, 2.05) is 18.7 Å². The molecule has 23 heavy (non-hydrogen) atoms. The third-order valence-corrected chi connectivity index (χ3v) is 5.71. The zero-order chi connectivity index (χ0) is 16.9. The molecule has 0 aliphatic heterocycles. The van der Waals surface area contributed by atoms with Crippen LogP contribution in [0.4, 0.5) is 0 Å². The van der Waals surface area contributed by atoms with Crippen LogP contribution in [-0.4, -0.2) is 41.4 Å². The lowest BCUT2D eigenvalue weighted by molar-refractivity contribution is -0.143. The van der Waals surface area contributed by atoms with E-state index in [-0.39, 0.29) is 23.8 Å². The first-order valence-electron chi connectivity index (χ1n) is 9.38. The smallest absolute Gasteiger partial charge is 0.248 e. The van der Waals surface area contributed by atoms with Crippen LogP contribution < -0.4 is 11.1 Å². The predicted octanol–water partition coefficient (Wildman–Crippen LogP) is 2.19. The molecule has 2 atom stereocenters. The molecule has 3 N–H and O–H groups in total. The van der Waals surface area contributed by atoms with Gasteiger partial charge in [-0.1, -0.05) is 25.7 Å². The first kappa shape index (κ1) is 18.2. The molecule has 0 heterocycles. The number of likely N-dealkylation sites (N-methyl/N-ethyl adjacent to an activating group) is 1. The summed E-state index contributed by atoms with van der Waals surface area (Å²) in [4.78, 5) is 27.4. The van der Waals surface area contributed by atoms with E-state index in [0.717, 1.165) is 51.4 Å².